The molecule has 0 amide bonds. The van der Waals surface area contributed by atoms with Crippen molar-refractivity contribution in [2.24, 2.45) is 5.73 Å². The summed E-state index contributed by atoms with van der Waals surface area (Å²) in [5.41, 5.74) is 5.62. The quantitative estimate of drug-likeness (QED) is 0.697. The second-order valence-corrected chi connectivity index (χ2v) is 3.25. The SMILES string of the molecule is CC.CCNC1CCC(N)CC1F. The molecular weight excluding hydrogens is 167 g/mol. The van der Waals surface area contributed by atoms with Crippen molar-refractivity contribution >= 4 is 0 Å². The van der Waals surface area contributed by atoms with Gasteiger partial charge in [0.2, 0.25) is 0 Å². The van der Waals surface area contributed by atoms with Gasteiger partial charge in [0.25, 0.3) is 0 Å². The molecule has 0 radical (unpaired) electrons. The molecule has 3 N–H and O–H groups in total. The van der Waals surface area contributed by atoms with Crippen LogP contribution >= 0.6 is 0 Å². The first-order valence-corrected chi connectivity index (χ1v) is 5.37. The predicted molar refractivity (Wildman–Crippen MR) is 55.5 cm³/mol. The molecule has 1 aliphatic carbocycles. The van der Waals surface area contributed by atoms with Gasteiger partial charge in [0.15, 0.2) is 0 Å². The molecule has 1 aliphatic rings. The van der Waals surface area contributed by atoms with Crippen LogP contribution in [0.2, 0.25) is 0 Å². The van der Waals surface area contributed by atoms with Crippen LogP contribution in [0.4, 0.5) is 4.39 Å². The Morgan fingerprint density at radius 1 is 1.38 bits per heavy atom. The van der Waals surface area contributed by atoms with E-state index >= 15 is 0 Å². The van der Waals surface area contributed by atoms with Crippen LogP contribution in [0.15, 0.2) is 0 Å². The summed E-state index contributed by atoms with van der Waals surface area (Å²) in [6.45, 7) is 6.85. The molecule has 3 heteroatoms. The van der Waals surface area contributed by atoms with Crippen molar-refractivity contribution in [1.29, 1.82) is 0 Å². The minimum atomic E-state index is -0.737. The molecule has 2 nitrogen and oxygen atoms in total. The Bertz CT molecular complexity index is 119. The highest BCUT2D eigenvalue weighted by Crippen LogP contribution is 2.20. The second-order valence-electron chi connectivity index (χ2n) is 3.25. The number of nitrogens with one attached hydrogen (secondary N) is 1. The first kappa shape index (κ1) is 12.8. The summed E-state index contributed by atoms with van der Waals surface area (Å²) in [6, 6.07) is 0.139. The molecule has 0 heterocycles. The minimum Gasteiger partial charge on any atom is -0.328 e. The molecule has 0 aromatic rings. The molecule has 3 unspecified atom stereocenters. The van der Waals surface area contributed by atoms with Crippen molar-refractivity contribution in [1.82, 2.24) is 5.32 Å². The lowest BCUT2D eigenvalue weighted by atomic mass is 9.90. The van der Waals surface area contributed by atoms with E-state index in [2.05, 4.69) is 5.32 Å². The van der Waals surface area contributed by atoms with Gasteiger partial charge in [0, 0.05) is 12.1 Å². The van der Waals surface area contributed by atoms with Crippen LogP contribution in [-0.2, 0) is 0 Å². The van der Waals surface area contributed by atoms with Gasteiger partial charge in [0.1, 0.15) is 6.17 Å². The summed E-state index contributed by atoms with van der Waals surface area (Å²) in [5.74, 6) is 0. The largest absolute Gasteiger partial charge is 0.328 e. The molecule has 1 saturated carbocycles. The van der Waals surface area contributed by atoms with Crippen LogP contribution in [0.5, 0.6) is 0 Å². The fourth-order valence-corrected chi connectivity index (χ4v) is 1.64. The summed E-state index contributed by atoms with van der Waals surface area (Å²) >= 11 is 0. The van der Waals surface area contributed by atoms with Crippen molar-refractivity contribution in [2.75, 3.05) is 6.54 Å². The van der Waals surface area contributed by atoms with E-state index < -0.39 is 6.17 Å². The van der Waals surface area contributed by atoms with Crippen LogP contribution in [0.3, 0.4) is 0 Å². The maximum absolute atomic E-state index is 13.1. The van der Waals surface area contributed by atoms with Gasteiger partial charge in [-0.3, -0.25) is 0 Å². The minimum absolute atomic E-state index is 0.0554. The summed E-state index contributed by atoms with van der Waals surface area (Å²) in [7, 11) is 0. The molecule has 0 aromatic heterocycles. The first-order valence-electron chi connectivity index (χ1n) is 5.37. The van der Waals surface area contributed by atoms with Crippen LogP contribution in [0, 0.1) is 0 Å². The fourth-order valence-electron chi connectivity index (χ4n) is 1.64. The molecule has 1 fully saturated rings. The molecule has 1 rings (SSSR count). The average molecular weight is 190 g/mol. The molecule has 0 aromatic carbocycles. The van der Waals surface area contributed by atoms with Gasteiger partial charge < -0.3 is 11.1 Å². The van der Waals surface area contributed by atoms with Gasteiger partial charge in [-0.25, -0.2) is 4.39 Å². The van der Waals surface area contributed by atoms with Crippen LogP contribution in [0.25, 0.3) is 0 Å². The van der Waals surface area contributed by atoms with E-state index in [0.717, 1.165) is 19.4 Å². The lowest BCUT2D eigenvalue weighted by molar-refractivity contribution is 0.177. The van der Waals surface area contributed by atoms with Crippen molar-refractivity contribution in [2.45, 2.75) is 58.3 Å². The summed E-state index contributed by atoms with van der Waals surface area (Å²) in [6.07, 6.45) is 1.63. The van der Waals surface area contributed by atoms with Gasteiger partial charge in [-0.15, -0.1) is 0 Å². The van der Waals surface area contributed by atoms with Crippen molar-refractivity contribution in [3.8, 4) is 0 Å². The smallest absolute Gasteiger partial charge is 0.117 e. The Morgan fingerprint density at radius 2 is 2.00 bits per heavy atom. The summed E-state index contributed by atoms with van der Waals surface area (Å²) < 4.78 is 13.1. The standard InChI is InChI=1S/C8H17FN2.C2H6/c1-2-11-8-4-3-6(10)5-7(8)9;1-2/h6-8,11H,2-5,10H2,1H3;1-2H3. The van der Waals surface area contributed by atoms with Crippen molar-refractivity contribution in [3.05, 3.63) is 0 Å². The fraction of sp³-hybridized carbons (Fsp3) is 1.00. The number of halogens is 1. The van der Waals surface area contributed by atoms with E-state index in [9.17, 15) is 4.39 Å². The molecular formula is C10H23FN2. The Kier molecular flexibility index (Phi) is 7.19. The van der Waals surface area contributed by atoms with E-state index in [4.69, 9.17) is 5.73 Å². The van der Waals surface area contributed by atoms with Gasteiger partial charge in [0.05, 0.1) is 0 Å². The summed E-state index contributed by atoms with van der Waals surface area (Å²) in [4.78, 5) is 0. The molecule has 0 aliphatic heterocycles. The molecule has 3 atom stereocenters. The van der Waals surface area contributed by atoms with E-state index in [-0.39, 0.29) is 12.1 Å². The summed E-state index contributed by atoms with van der Waals surface area (Å²) in [5, 5.41) is 3.12. The highest BCUT2D eigenvalue weighted by molar-refractivity contribution is 4.85. The topological polar surface area (TPSA) is 38.0 Å². The zero-order valence-corrected chi connectivity index (χ0v) is 9.02. The van der Waals surface area contributed by atoms with Gasteiger partial charge in [-0.1, -0.05) is 20.8 Å². The van der Waals surface area contributed by atoms with E-state index in [1.807, 2.05) is 20.8 Å². The number of hydrogen-bond acceptors (Lipinski definition) is 2. The lowest BCUT2D eigenvalue weighted by Gasteiger charge is -2.30. The molecule has 80 valence electrons. The number of alkyl halides is 1. The number of rotatable bonds is 2. The van der Waals surface area contributed by atoms with Crippen molar-refractivity contribution in [3.63, 3.8) is 0 Å². The molecule has 0 saturated heterocycles. The maximum atomic E-state index is 13.1. The van der Waals surface area contributed by atoms with Crippen LogP contribution < -0.4 is 11.1 Å². The van der Waals surface area contributed by atoms with E-state index in [1.165, 1.54) is 0 Å². The zero-order chi connectivity index (χ0) is 10.3. The van der Waals surface area contributed by atoms with Gasteiger partial charge in [-0.2, -0.15) is 0 Å². The van der Waals surface area contributed by atoms with Crippen LogP contribution in [0.1, 0.15) is 40.0 Å². The van der Waals surface area contributed by atoms with E-state index in [0.29, 0.717) is 6.42 Å². The Balaban J connectivity index is 0.000000671. The monoisotopic (exact) mass is 190 g/mol. The Hall–Kier alpha value is -0.150. The molecule has 0 bridgehead atoms. The van der Waals surface area contributed by atoms with Gasteiger partial charge >= 0.3 is 0 Å². The predicted octanol–water partition coefficient (Wildman–Crippen LogP) is 1.84. The van der Waals surface area contributed by atoms with Crippen molar-refractivity contribution < 1.29 is 4.39 Å². The zero-order valence-electron chi connectivity index (χ0n) is 9.02. The number of nitrogens with two attached hydrogens (primary N) is 1. The van der Waals surface area contributed by atoms with Gasteiger partial charge in [-0.05, 0) is 25.8 Å². The third-order valence-corrected chi connectivity index (χ3v) is 2.28. The third kappa shape index (κ3) is 4.58. The van der Waals surface area contributed by atoms with E-state index in [1.54, 1.807) is 0 Å². The Morgan fingerprint density at radius 3 is 2.46 bits per heavy atom. The average Bonchev–Trinajstić information content (AvgIpc) is 2.14. The highest BCUT2D eigenvalue weighted by atomic mass is 19.1. The Labute approximate surface area is 81.1 Å². The highest BCUT2D eigenvalue weighted by Gasteiger charge is 2.27. The number of hydrogen-bond donors (Lipinski definition) is 2. The first-order chi connectivity index (χ1) is 6.24. The normalized spacial score (nSPS) is 33.5. The van der Waals surface area contributed by atoms with Crippen LogP contribution in [-0.4, -0.2) is 24.8 Å². The third-order valence-electron chi connectivity index (χ3n) is 2.28. The maximum Gasteiger partial charge on any atom is 0.117 e. The molecule has 13 heavy (non-hydrogen) atoms. The molecule has 0 spiro atoms. The lowest BCUT2D eigenvalue weighted by Crippen LogP contribution is -2.45. The second kappa shape index (κ2) is 7.27.